The summed E-state index contributed by atoms with van der Waals surface area (Å²) in [5.41, 5.74) is 4.68. The Labute approximate surface area is 156 Å². The van der Waals surface area contributed by atoms with Crippen LogP contribution in [0.3, 0.4) is 0 Å². The van der Waals surface area contributed by atoms with Gasteiger partial charge in [-0.3, -0.25) is 0 Å². The smallest absolute Gasteiger partial charge is 0.161 e. The Kier molecular flexibility index (Phi) is 4.23. The van der Waals surface area contributed by atoms with Crippen LogP contribution in [0.5, 0.6) is 11.5 Å². The van der Waals surface area contributed by atoms with Crippen molar-refractivity contribution in [3.63, 3.8) is 0 Å². The number of methoxy groups -OCH3 is 1. The van der Waals surface area contributed by atoms with Gasteiger partial charge in [-0.25, -0.2) is 4.98 Å². The maximum atomic E-state index is 9.86. The van der Waals surface area contributed by atoms with Gasteiger partial charge in [0.05, 0.1) is 18.3 Å². The molecule has 0 saturated heterocycles. The Hall–Kier alpha value is -3.04. The number of fused-ring (bicyclic) bond motifs is 1. The Morgan fingerprint density at radius 3 is 2.46 bits per heavy atom. The predicted molar refractivity (Wildman–Crippen MR) is 106 cm³/mol. The fraction of sp³-hybridized carbons (Fsp3) is 0.0455. The fourth-order valence-corrected chi connectivity index (χ4v) is 3.21. The van der Waals surface area contributed by atoms with Crippen molar-refractivity contribution in [2.75, 3.05) is 7.11 Å². The Bertz CT molecular complexity index is 1090. The number of phenolic OH excluding ortho intramolecular Hbond substituents is 1. The van der Waals surface area contributed by atoms with Gasteiger partial charge in [0.2, 0.25) is 0 Å². The molecule has 1 aromatic heterocycles. The summed E-state index contributed by atoms with van der Waals surface area (Å²) in [4.78, 5) is 4.78. The molecule has 0 fully saturated rings. The van der Waals surface area contributed by atoms with E-state index < -0.39 is 0 Å². The van der Waals surface area contributed by atoms with Crippen LogP contribution < -0.4 is 4.74 Å². The average molecular weight is 362 g/mol. The molecule has 1 heterocycles. The van der Waals surface area contributed by atoms with E-state index in [1.807, 2.05) is 48.5 Å². The van der Waals surface area contributed by atoms with Gasteiger partial charge in [0.15, 0.2) is 11.5 Å². The maximum Gasteiger partial charge on any atom is 0.161 e. The Morgan fingerprint density at radius 1 is 0.885 bits per heavy atom. The molecule has 128 valence electrons. The number of aromatic nitrogens is 1. The quantitative estimate of drug-likeness (QED) is 0.491. The molecule has 0 aliphatic rings. The molecule has 3 nitrogen and oxygen atoms in total. The van der Waals surface area contributed by atoms with Gasteiger partial charge in [-0.1, -0.05) is 41.9 Å². The van der Waals surface area contributed by atoms with Crippen molar-refractivity contribution in [2.24, 2.45) is 0 Å². The minimum atomic E-state index is 0.104. The van der Waals surface area contributed by atoms with Gasteiger partial charge < -0.3 is 9.84 Å². The zero-order chi connectivity index (χ0) is 18.1. The zero-order valence-electron chi connectivity index (χ0n) is 14.1. The van der Waals surface area contributed by atoms with Crippen LogP contribution in [0.15, 0.2) is 72.8 Å². The second-order valence-corrected chi connectivity index (χ2v) is 6.41. The lowest BCUT2D eigenvalue weighted by molar-refractivity contribution is 0.373. The molecule has 0 unspecified atom stereocenters. The van der Waals surface area contributed by atoms with Crippen molar-refractivity contribution in [3.05, 3.63) is 77.8 Å². The molecule has 1 N–H and O–H groups in total. The SMILES string of the molecule is COc1cc(-c2cc(-c3ccccc3)c3cc(Cl)ccc3n2)ccc1O. The number of pyridine rings is 1. The van der Waals surface area contributed by atoms with Crippen LogP contribution in [0.4, 0.5) is 0 Å². The van der Waals surface area contributed by atoms with Crippen LogP contribution in [0, 0.1) is 0 Å². The summed E-state index contributed by atoms with van der Waals surface area (Å²) < 4.78 is 5.23. The number of hydrogen-bond donors (Lipinski definition) is 1. The molecule has 0 bridgehead atoms. The van der Waals surface area contributed by atoms with Gasteiger partial charge in [0, 0.05) is 16.0 Å². The second-order valence-electron chi connectivity index (χ2n) is 5.97. The van der Waals surface area contributed by atoms with Gasteiger partial charge in [-0.15, -0.1) is 0 Å². The van der Waals surface area contributed by atoms with E-state index in [-0.39, 0.29) is 5.75 Å². The Balaban J connectivity index is 1.99. The first-order valence-corrected chi connectivity index (χ1v) is 8.56. The fourth-order valence-electron chi connectivity index (χ4n) is 3.04. The molecule has 0 atom stereocenters. The van der Waals surface area contributed by atoms with Gasteiger partial charge in [-0.05, 0) is 53.6 Å². The van der Waals surface area contributed by atoms with Crippen molar-refractivity contribution in [2.45, 2.75) is 0 Å². The van der Waals surface area contributed by atoms with Crippen LogP contribution in [-0.2, 0) is 0 Å². The van der Waals surface area contributed by atoms with E-state index in [9.17, 15) is 5.11 Å². The van der Waals surface area contributed by atoms with Crippen molar-refractivity contribution in [1.82, 2.24) is 4.98 Å². The molecule has 0 spiro atoms. The molecule has 3 aromatic carbocycles. The average Bonchev–Trinajstić information content (AvgIpc) is 2.68. The normalized spacial score (nSPS) is 10.8. The highest BCUT2D eigenvalue weighted by molar-refractivity contribution is 6.31. The van der Waals surface area contributed by atoms with Crippen LogP contribution in [-0.4, -0.2) is 17.2 Å². The van der Waals surface area contributed by atoms with Crippen molar-refractivity contribution in [3.8, 4) is 33.9 Å². The molecule has 26 heavy (non-hydrogen) atoms. The van der Waals surface area contributed by atoms with Crippen molar-refractivity contribution in [1.29, 1.82) is 0 Å². The van der Waals surface area contributed by atoms with E-state index in [0.29, 0.717) is 10.8 Å². The first-order valence-electron chi connectivity index (χ1n) is 8.19. The summed E-state index contributed by atoms with van der Waals surface area (Å²) >= 11 is 6.22. The van der Waals surface area contributed by atoms with Crippen LogP contribution >= 0.6 is 11.6 Å². The number of nitrogens with zero attached hydrogens (tertiary/aromatic N) is 1. The lowest BCUT2D eigenvalue weighted by Crippen LogP contribution is -1.91. The molecule has 4 heteroatoms. The van der Waals surface area contributed by atoms with Crippen molar-refractivity contribution < 1.29 is 9.84 Å². The third-order valence-electron chi connectivity index (χ3n) is 4.33. The lowest BCUT2D eigenvalue weighted by atomic mass is 9.98. The third kappa shape index (κ3) is 2.98. The monoisotopic (exact) mass is 361 g/mol. The van der Waals surface area contributed by atoms with Crippen LogP contribution in [0.1, 0.15) is 0 Å². The van der Waals surface area contributed by atoms with Crippen molar-refractivity contribution >= 4 is 22.5 Å². The van der Waals surface area contributed by atoms with Crippen LogP contribution in [0.25, 0.3) is 33.3 Å². The minimum absolute atomic E-state index is 0.104. The van der Waals surface area contributed by atoms with E-state index in [1.165, 1.54) is 7.11 Å². The summed E-state index contributed by atoms with van der Waals surface area (Å²) in [7, 11) is 1.53. The maximum absolute atomic E-state index is 9.86. The number of benzene rings is 3. The highest BCUT2D eigenvalue weighted by atomic mass is 35.5. The summed E-state index contributed by atoms with van der Waals surface area (Å²) in [5.74, 6) is 0.522. The number of rotatable bonds is 3. The molecule has 0 aliphatic heterocycles. The number of ether oxygens (including phenoxy) is 1. The topological polar surface area (TPSA) is 42.4 Å². The van der Waals surface area contributed by atoms with Gasteiger partial charge in [-0.2, -0.15) is 0 Å². The van der Waals surface area contributed by atoms with Crippen LogP contribution in [0.2, 0.25) is 5.02 Å². The Morgan fingerprint density at radius 2 is 1.69 bits per heavy atom. The van der Waals surface area contributed by atoms with Gasteiger partial charge >= 0.3 is 0 Å². The van der Waals surface area contributed by atoms with Gasteiger partial charge in [0.25, 0.3) is 0 Å². The summed E-state index contributed by atoms with van der Waals surface area (Å²) in [6.45, 7) is 0. The molecule has 0 radical (unpaired) electrons. The highest BCUT2D eigenvalue weighted by Gasteiger charge is 2.12. The molecule has 4 rings (SSSR count). The van der Waals surface area contributed by atoms with E-state index in [1.54, 1.807) is 12.1 Å². The second kappa shape index (κ2) is 6.70. The number of aromatic hydroxyl groups is 1. The number of phenols is 1. The molecule has 0 aliphatic carbocycles. The minimum Gasteiger partial charge on any atom is -0.504 e. The summed E-state index contributed by atoms with van der Waals surface area (Å²) in [6, 6.07) is 23.1. The first-order chi connectivity index (χ1) is 12.7. The molecular formula is C22H16ClNO2. The number of halogens is 1. The van der Waals surface area contributed by atoms with E-state index in [4.69, 9.17) is 21.3 Å². The van der Waals surface area contributed by atoms with E-state index in [0.717, 1.165) is 33.3 Å². The standard InChI is InChI=1S/C22H16ClNO2/c1-26-22-11-15(7-10-21(22)25)20-13-17(14-5-3-2-4-6-14)18-12-16(23)8-9-19(18)24-20/h2-13,25H,1H3. The van der Waals surface area contributed by atoms with E-state index >= 15 is 0 Å². The zero-order valence-corrected chi connectivity index (χ0v) is 14.9. The lowest BCUT2D eigenvalue weighted by Gasteiger charge is -2.12. The van der Waals surface area contributed by atoms with E-state index in [2.05, 4.69) is 12.1 Å². The highest BCUT2D eigenvalue weighted by Crippen LogP contribution is 2.36. The molecular weight excluding hydrogens is 346 g/mol. The summed E-state index contributed by atoms with van der Waals surface area (Å²) in [6.07, 6.45) is 0. The number of hydrogen-bond acceptors (Lipinski definition) is 3. The third-order valence-corrected chi connectivity index (χ3v) is 4.57. The van der Waals surface area contributed by atoms with Gasteiger partial charge in [0.1, 0.15) is 0 Å². The molecule has 4 aromatic rings. The summed E-state index contributed by atoms with van der Waals surface area (Å²) in [5, 5.41) is 11.5. The molecule has 0 saturated carbocycles. The first kappa shape index (κ1) is 16.4. The largest absolute Gasteiger partial charge is 0.504 e. The molecule has 0 amide bonds. The predicted octanol–water partition coefficient (Wildman–Crippen LogP) is 5.94.